The first-order valence-electron chi connectivity index (χ1n) is 6.87. The molecule has 2 nitrogen and oxygen atoms in total. The van der Waals surface area contributed by atoms with E-state index in [1.165, 1.54) is 0 Å². The van der Waals surface area contributed by atoms with Crippen LogP contribution in [0.3, 0.4) is 0 Å². The monoisotopic (exact) mass is 269 g/mol. The highest BCUT2D eigenvalue weighted by atomic mass is 19.1. The number of ether oxygens (including phenoxy) is 1. The van der Waals surface area contributed by atoms with E-state index in [2.05, 4.69) is 5.32 Å². The van der Waals surface area contributed by atoms with Crippen LogP contribution < -0.4 is 5.32 Å². The number of hydrogen-bond donors (Lipinski definition) is 1. The average Bonchev–Trinajstić information content (AvgIpc) is 2.78. The summed E-state index contributed by atoms with van der Waals surface area (Å²) >= 11 is 0. The lowest BCUT2D eigenvalue weighted by molar-refractivity contribution is 0.0311. The summed E-state index contributed by atoms with van der Waals surface area (Å²) in [7, 11) is 0. The summed E-state index contributed by atoms with van der Waals surface area (Å²) in [5, 5.41) is 3.26. The second kappa shape index (κ2) is 5.97. The maximum absolute atomic E-state index is 14.0. The fourth-order valence-electron chi connectivity index (χ4n) is 2.66. The standard InChI is InChI=1S/C15H21F2NO/c1-4-18-15(14-6-5-10(3)19-14)11-7-9(2)12(16)8-13(11)17/h7-8,10,14-15,18H,4-6H2,1-3H3. The Bertz CT molecular complexity index is 450. The quantitative estimate of drug-likeness (QED) is 0.903. The van der Waals surface area contributed by atoms with Crippen LogP contribution in [0.5, 0.6) is 0 Å². The number of rotatable bonds is 4. The van der Waals surface area contributed by atoms with E-state index in [9.17, 15) is 8.78 Å². The van der Waals surface area contributed by atoms with Gasteiger partial charge in [-0.25, -0.2) is 8.78 Å². The summed E-state index contributed by atoms with van der Waals surface area (Å²) < 4.78 is 33.2. The number of likely N-dealkylation sites (N-methyl/N-ethyl adjacent to an activating group) is 1. The van der Waals surface area contributed by atoms with E-state index in [0.29, 0.717) is 11.1 Å². The summed E-state index contributed by atoms with van der Waals surface area (Å²) in [4.78, 5) is 0. The molecule has 19 heavy (non-hydrogen) atoms. The molecule has 0 spiro atoms. The first-order chi connectivity index (χ1) is 9.02. The Kier molecular flexibility index (Phi) is 4.53. The summed E-state index contributed by atoms with van der Waals surface area (Å²) in [6.45, 7) is 6.36. The second-order valence-electron chi connectivity index (χ2n) is 5.22. The highest BCUT2D eigenvalue weighted by molar-refractivity contribution is 5.29. The Balaban J connectivity index is 2.30. The molecule has 4 heteroatoms. The molecule has 2 rings (SSSR count). The van der Waals surface area contributed by atoms with Crippen LogP contribution in [0.1, 0.15) is 43.9 Å². The summed E-state index contributed by atoms with van der Waals surface area (Å²) in [6, 6.07) is 2.34. The van der Waals surface area contributed by atoms with Crippen LogP contribution in [0.2, 0.25) is 0 Å². The maximum Gasteiger partial charge on any atom is 0.131 e. The van der Waals surface area contributed by atoms with Crippen molar-refractivity contribution in [2.45, 2.75) is 51.9 Å². The highest BCUT2D eigenvalue weighted by Crippen LogP contribution is 2.32. The minimum absolute atomic E-state index is 0.0469. The Hall–Kier alpha value is -1.00. The van der Waals surface area contributed by atoms with E-state index in [1.807, 2.05) is 13.8 Å². The first kappa shape index (κ1) is 14.4. The van der Waals surface area contributed by atoms with E-state index in [0.717, 1.165) is 25.5 Å². The van der Waals surface area contributed by atoms with Gasteiger partial charge in [0.25, 0.3) is 0 Å². The molecule has 1 aromatic carbocycles. The molecular formula is C15H21F2NO. The summed E-state index contributed by atoms with van der Waals surface area (Å²) in [5.74, 6) is -1.01. The fraction of sp³-hybridized carbons (Fsp3) is 0.600. The minimum atomic E-state index is -0.503. The van der Waals surface area contributed by atoms with Gasteiger partial charge in [-0.3, -0.25) is 0 Å². The molecule has 106 valence electrons. The molecule has 1 fully saturated rings. The van der Waals surface area contributed by atoms with Crippen LogP contribution in [0, 0.1) is 18.6 Å². The Labute approximate surface area is 113 Å². The van der Waals surface area contributed by atoms with Crippen molar-refractivity contribution >= 4 is 0 Å². The Morgan fingerprint density at radius 1 is 1.32 bits per heavy atom. The van der Waals surface area contributed by atoms with Crippen LogP contribution in [-0.2, 0) is 4.74 Å². The summed E-state index contributed by atoms with van der Waals surface area (Å²) in [6.07, 6.45) is 2.04. The molecule has 0 saturated carbocycles. The third-order valence-corrected chi connectivity index (χ3v) is 3.67. The molecule has 3 unspecified atom stereocenters. The zero-order valence-corrected chi connectivity index (χ0v) is 11.7. The van der Waals surface area contributed by atoms with Gasteiger partial charge in [-0.1, -0.05) is 6.92 Å². The molecule has 1 N–H and O–H groups in total. The fourth-order valence-corrected chi connectivity index (χ4v) is 2.66. The van der Waals surface area contributed by atoms with Crippen LogP contribution in [0.4, 0.5) is 8.78 Å². The van der Waals surface area contributed by atoms with Crippen LogP contribution in [0.25, 0.3) is 0 Å². The zero-order chi connectivity index (χ0) is 14.0. The second-order valence-corrected chi connectivity index (χ2v) is 5.22. The summed E-state index contributed by atoms with van der Waals surface area (Å²) in [5.41, 5.74) is 0.963. The molecule has 1 aromatic rings. The van der Waals surface area contributed by atoms with Gasteiger partial charge in [-0.05, 0) is 44.9 Å². The molecule has 0 bridgehead atoms. The number of nitrogens with one attached hydrogen (secondary N) is 1. The van der Waals surface area contributed by atoms with Crippen LogP contribution >= 0.6 is 0 Å². The van der Waals surface area contributed by atoms with Crippen molar-refractivity contribution in [1.29, 1.82) is 0 Å². The van der Waals surface area contributed by atoms with Crippen LogP contribution in [-0.4, -0.2) is 18.8 Å². The number of halogens is 2. The molecule has 3 atom stereocenters. The largest absolute Gasteiger partial charge is 0.373 e. The number of benzene rings is 1. The van der Waals surface area contributed by atoms with Gasteiger partial charge in [-0.15, -0.1) is 0 Å². The number of aryl methyl sites for hydroxylation is 1. The molecule has 1 aliphatic rings. The van der Waals surface area contributed by atoms with Gasteiger partial charge in [-0.2, -0.15) is 0 Å². The SMILES string of the molecule is CCNC(c1cc(C)c(F)cc1F)C1CCC(C)O1. The van der Waals surface area contributed by atoms with Crippen molar-refractivity contribution in [3.8, 4) is 0 Å². The van der Waals surface area contributed by atoms with E-state index < -0.39 is 11.6 Å². The van der Waals surface area contributed by atoms with Gasteiger partial charge in [0.15, 0.2) is 0 Å². The highest BCUT2D eigenvalue weighted by Gasteiger charge is 2.32. The van der Waals surface area contributed by atoms with Gasteiger partial charge >= 0.3 is 0 Å². The molecule has 1 aliphatic heterocycles. The minimum Gasteiger partial charge on any atom is -0.373 e. The smallest absolute Gasteiger partial charge is 0.131 e. The van der Waals surface area contributed by atoms with Gasteiger partial charge < -0.3 is 10.1 Å². The predicted octanol–water partition coefficient (Wildman–Crippen LogP) is 3.49. The van der Waals surface area contributed by atoms with Crippen molar-refractivity contribution in [2.24, 2.45) is 0 Å². The Morgan fingerprint density at radius 2 is 2.05 bits per heavy atom. The van der Waals surface area contributed by atoms with E-state index >= 15 is 0 Å². The van der Waals surface area contributed by atoms with Crippen molar-refractivity contribution < 1.29 is 13.5 Å². The lowest BCUT2D eigenvalue weighted by atomic mass is 9.96. The maximum atomic E-state index is 14.0. The normalized spacial score (nSPS) is 24.7. The first-order valence-corrected chi connectivity index (χ1v) is 6.87. The van der Waals surface area contributed by atoms with Crippen molar-refractivity contribution in [1.82, 2.24) is 5.32 Å². The van der Waals surface area contributed by atoms with Gasteiger partial charge in [0.1, 0.15) is 11.6 Å². The molecule has 1 saturated heterocycles. The van der Waals surface area contributed by atoms with E-state index in [1.54, 1.807) is 13.0 Å². The van der Waals surface area contributed by atoms with Gasteiger partial charge in [0.05, 0.1) is 18.2 Å². The Morgan fingerprint density at radius 3 is 2.63 bits per heavy atom. The molecule has 0 amide bonds. The zero-order valence-electron chi connectivity index (χ0n) is 11.7. The third kappa shape index (κ3) is 3.12. The average molecular weight is 269 g/mol. The lowest BCUT2D eigenvalue weighted by Crippen LogP contribution is -2.33. The van der Waals surface area contributed by atoms with E-state index in [4.69, 9.17) is 4.74 Å². The van der Waals surface area contributed by atoms with E-state index in [-0.39, 0.29) is 18.2 Å². The number of hydrogen-bond acceptors (Lipinski definition) is 2. The van der Waals surface area contributed by atoms with Gasteiger partial charge in [0, 0.05) is 11.6 Å². The third-order valence-electron chi connectivity index (χ3n) is 3.67. The molecule has 0 aromatic heterocycles. The molecule has 0 aliphatic carbocycles. The van der Waals surface area contributed by atoms with Crippen molar-refractivity contribution in [2.75, 3.05) is 6.54 Å². The molecule has 0 radical (unpaired) electrons. The predicted molar refractivity (Wildman–Crippen MR) is 71.1 cm³/mol. The van der Waals surface area contributed by atoms with Crippen molar-refractivity contribution in [3.63, 3.8) is 0 Å². The molecular weight excluding hydrogens is 248 g/mol. The lowest BCUT2D eigenvalue weighted by Gasteiger charge is -2.25. The van der Waals surface area contributed by atoms with Crippen molar-refractivity contribution in [3.05, 3.63) is 34.9 Å². The molecule has 1 heterocycles. The van der Waals surface area contributed by atoms with Gasteiger partial charge in [0.2, 0.25) is 0 Å². The topological polar surface area (TPSA) is 21.3 Å². The van der Waals surface area contributed by atoms with Crippen LogP contribution in [0.15, 0.2) is 12.1 Å².